The Kier molecular flexibility index (Phi) is 11.9. The second-order valence-electron chi connectivity index (χ2n) is 8.22. The maximum absolute atomic E-state index is 13.0. The number of aliphatic carboxylic acids is 1. The molecule has 1 rings (SSSR count). The van der Waals surface area contributed by atoms with E-state index in [1.54, 1.807) is 0 Å². The van der Waals surface area contributed by atoms with Crippen molar-refractivity contribution in [1.29, 1.82) is 0 Å². The Morgan fingerprint density at radius 3 is 2.21 bits per heavy atom. The summed E-state index contributed by atoms with van der Waals surface area (Å²) in [6, 6.07) is -4.61. The second kappa shape index (κ2) is 14.1. The summed E-state index contributed by atoms with van der Waals surface area (Å²) >= 11 is 0. The van der Waals surface area contributed by atoms with Crippen molar-refractivity contribution in [2.24, 2.45) is 22.9 Å². The molecule has 192 valence electrons. The Hall–Kier alpha value is -3.26. The van der Waals surface area contributed by atoms with Crippen molar-refractivity contribution < 1.29 is 33.9 Å². The molecule has 1 aliphatic heterocycles. The number of carboxylic acids is 1. The van der Waals surface area contributed by atoms with E-state index in [1.165, 1.54) is 4.90 Å². The van der Waals surface area contributed by atoms with Gasteiger partial charge in [0.2, 0.25) is 29.5 Å². The molecular weight excluding hydrogens is 450 g/mol. The van der Waals surface area contributed by atoms with E-state index in [4.69, 9.17) is 22.9 Å². The van der Waals surface area contributed by atoms with Gasteiger partial charge in [-0.1, -0.05) is 6.42 Å². The highest BCUT2D eigenvalue weighted by molar-refractivity contribution is 5.95. The lowest BCUT2D eigenvalue weighted by molar-refractivity contribution is -0.144. The van der Waals surface area contributed by atoms with E-state index in [2.05, 4.69) is 10.6 Å². The Bertz CT molecular complexity index is 776. The zero-order valence-corrected chi connectivity index (χ0v) is 19.0. The summed E-state index contributed by atoms with van der Waals surface area (Å²) in [5.74, 6) is -5.15. The number of amides is 5. The van der Waals surface area contributed by atoms with Crippen molar-refractivity contribution in [2.75, 3.05) is 13.1 Å². The van der Waals surface area contributed by atoms with E-state index in [0.29, 0.717) is 45.2 Å². The molecule has 11 N–H and O–H groups in total. The van der Waals surface area contributed by atoms with Gasteiger partial charge in [-0.25, -0.2) is 4.79 Å². The normalized spacial score (nSPS) is 17.9. The second-order valence-corrected chi connectivity index (χ2v) is 8.22. The molecule has 0 aromatic carbocycles. The van der Waals surface area contributed by atoms with Gasteiger partial charge in [-0.2, -0.15) is 0 Å². The largest absolute Gasteiger partial charge is 0.480 e. The molecule has 5 amide bonds. The van der Waals surface area contributed by atoms with Crippen molar-refractivity contribution in [3.8, 4) is 0 Å². The van der Waals surface area contributed by atoms with Gasteiger partial charge in [0.1, 0.15) is 18.1 Å². The monoisotopic (exact) mass is 485 g/mol. The third-order valence-electron chi connectivity index (χ3n) is 5.46. The number of hydrogen-bond donors (Lipinski definition) is 7. The SMILES string of the molecule is NCCCCC(N)C(=O)N1CCCC1C(=O)NC(CCC(N)=O)C(=O)NC(CC(N)=O)C(=O)O. The molecule has 14 heteroatoms. The molecule has 1 fully saturated rings. The Balaban J connectivity index is 2.91. The first kappa shape index (κ1) is 28.8. The fraction of sp³-hybridized carbons (Fsp3) is 0.700. The number of likely N-dealkylation sites (tertiary alicyclic amines) is 1. The van der Waals surface area contributed by atoms with Crippen LogP contribution in [0.5, 0.6) is 0 Å². The number of rotatable bonds is 15. The van der Waals surface area contributed by atoms with Crippen LogP contribution in [0.15, 0.2) is 0 Å². The number of hydrogen-bond acceptors (Lipinski definition) is 8. The van der Waals surface area contributed by atoms with Crippen LogP contribution in [-0.4, -0.2) is 82.8 Å². The van der Waals surface area contributed by atoms with Crippen LogP contribution in [0.4, 0.5) is 0 Å². The minimum absolute atomic E-state index is 0.213. The van der Waals surface area contributed by atoms with Gasteiger partial charge in [0.25, 0.3) is 0 Å². The third kappa shape index (κ3) is 9.31. The Morgan fingerprint density at radius 2 is 1.65 bits per heavy atom. The summed E-state index contributed by atoms with van der Waals surface area (Å²) in [6.07, 6.45) is 1.55. The summed E-state index contributed by atoms with van der Waals surface area (Å²) in [5.41, 5.74) is 21.6. The highest BCUT2D eigenvalue weighted by Crippen LogP contribution is 2.20. The number of unbranched alkanes of at least 4 members (excludes halogenated alkanes) is 1. The first-order valence-corrected chi connectivity index (χ1v) is 11.1. The number of carbonyl (C=O) groups excluding carboxylic acids is 5. The highest BCUT2D eigenvalue weighted by atomic mass is 16.4. The number of nitrogens with two attached hydrogens (primary N) is 4. The first-order chi connectivity index (χ1) is 16.0. The van der Waals surface area contributed by atoms with Crippen molar-refractivity contribution >= 4 is 35.5 Å². The van der Waals surface area contributed by atoms with Crippen LogP contribution in [0.1, 0.15) is 51.4 Å². The van der Waals surface area contributed by atoms with E-state index in [1.807, 2.05) is 0 Å². The van der Waals surface area contributed by atoms with Crippen LogP contribution >= 0.6 is 0 Å². The molecule has 0 saturated carbocycles. The van der Waals surface area contributed by atoms with Gasteiger partial charge in [-0.3, -0.25) is 24.0 Å². The molecule has 0 aromatic rings. The number of primary amides is 2. The van der Waals surface area contributed by atoms with Gasteiger partial charge in [-0.15, -0.1) is 0 Å². The maximum atomic E-state index is 13.0. The van der Waals surface area contributed by atoms with E-state index in [0.717, 1.165) is 0 Å². The van der Waals surface area contributed by atoms with E-state index in [-0.39, 0.29) is 18.7 Å². The molecule has 34 heavy (non-hydrogen) atoms. The number of carboxylic acid groups (broad SMARTS) is 1. The summed E-state index contributed by atoms with van der Waals surface area (Å²) < 4.78 is 0. The molecule has 0 bridgehead atoms. The van der Waals surface area contributed by atoms with Crippen molar-refractivity contribution in [2.45, 2.75) is 75.5 Å². The number of carbonyl (C=O) groups is 6. The lowest BCUT2D eigenvalue weighted by atomic mass is 10.1. The molecule has 0 radical (unpaired) electrons. The lowest BCUT2D eigenvalue weighted by Gasteiger charge is -2.28. The zero-order chi connectivity index (χ0) is 25.8. The summed E-state index contributed by atoms with van der Waals surface area (Å²) in [5, 5.41) is 13.8. The van der Waals surface area contributed by atoms with Crippen LogP contribution in [-0.2, 0) is 28.8 Å². The van der Waals surface area contributed by atoms with Crippen LogP contribution in [0.2, 0.25) is 0 Å². The molecule has 0 aliphatic carbocycles. The molecule has 1 saturated heterocycles. The van der Waals surface area contributed by atoms with Gasteiger partial charge in [0.05, 0.1) is 12.5 Å². The molecule has 0 aromatic heterocycles. The molecule has 4 atom stereocenters. The molecule has 4 unspecified atom stereocenters. The molecule has 1 aliphatic rings. The molecule has 1 heterocycles. The fourth-order valence-corrected chi connectivity index (χ4v) is 3.65. The van der Waals surface area contributed by atoms with E-state index in [9.17, 15) is 33.9 Å². The van der Waals surface area contributed by atoms with Crippen molar-refractivity contribution in [3.05, 3.63) is 0 Å². The zero-order valence-electron chi connectivity index (χ0n) is 19.0. The minimum atomic E-state index is -1.62. The number of nitrogens with one attached hydrogen (secondary N) is 2. The number of nitrogens with zero attached hydrogens (tertiary/aromatic N) is 1. The Morgan fingerprint density at radius 1 is 0.971 bits per heavy atom. The van der Waals surface area contributed by atoms with Crippen LogP contribution in [0.3, 0.4) is 0 Å². The maximum Gasteiger partial charge on any atom is 0.326 e. The smallest absolute Gasteiger partial charge is 0.326 e. The lowest BCUT2D eigenvalue weighted by Crippen LogP contribution is -2.57. The van der Waals surface area contributed by atoms with Gasteiger partial charge in [-0.05, 0) is 38.6 Å². The quantitative estimate of drug-likeness (QED) is 0.114. The summed E-state index contributed by atoms with van der Waals surface area (Å²) in [4.78, 5) is 73.4. The van der Waals surface area contributed by atoms with Crippen molar-refractivity contribution in [1.82, 2.24) is 15.5 Å². The van der Waals surface area contributed by atoms with E-state index < -0.39 is 60.2 Å². The van der Waals surface area contributed by atoms with Crippen LogP contribution in [0.25, 0.3) is 0 Å². The Labute approximate surface area is 197 Å². The molecular formula is C20H35N7O7. The predicted octanol–water partition coefficient (Wildman–Crippen LogP) is -3.37. The average molecular weight is 486 g/mol. The van der Waals surface area contributed by atoms with Crippen LogP contribution in [0, 0.1) is 0 Å². The molecule has 0 spiro atoms. The average Bonchev–Trinajstić information content (AvgIpc) is 3.24. The standard InChI is InChI=1S/C20H35N7O7/c21-8-2-1-4-11(22)19(32)27-9-3-5-14(27)18(31)25-12(6-7-15(23)28)17(30)26-13(20(33)34)10-16(24)29/h11-14H,1-10,21-22H2,(H2,23,28)(H2,24,29)(H,25,31)(H,26,30)(H,33,34). The topological polar surface area (TPSA) is 254 Å². The fourth-order valence-electron chi connectivity index (χ4n) is 3.65. The summed E-state index contributed by atoms with van der Waals surface area (Å²) in [7, 11) is 0. The van der Waals surface area contributed by atoms with E-state index >= 15 is 0 Å². The van der Waals surface area contributed by atoms with Gasteiger partial charge < -0.3 is 43.6 Å². The summed E-state index contributed by atoms with van der Waals surface area (Å²) in [6.45, 7) is 0.798. The predicted molar refractivity (Wildman–Crippen MR) is 119 cm³/mol. The van der Waals surface area contributed by atoms with Crippen LogP contribution < -0.4 is 33.6 Å². The van der Waals surface area contributed by atoms with Gasteiger partial charge in [0, 0.05) is 13.0 Å². The highest BCUT2D eigenvalue weighted by Gasteiger charge is 2.38. The van der Waals surface area contributed by atoms with Gasteiger partial charge in [0.15, 0.2) is 0 Å². The first-order valence-electron chi connectivity index (χ1n) is 11.1. The van der Waals surface area contributed by atoms with Crippen molar-refractivity contribution in [3.63, 3.8) is 0 Å². The molecule has 14 nitrogen and oxygen atoms in total. The third-order valence-corrected chi connectivity index (χ3v) is 5.46. The van der Waals surface area contributed by atoms with Gasteiger partial charge >= 0.3 is 5.97 Å². The minimum Gasteiger partial charge on any atom is -0.480 e.